The van der Waals surface area contributed by atoms with Crippen LogP contribution >= 0.6 is 0 Å². The minimum absolute atomic E-state index is 0.0308. The topological polar surface area (TPSA) is 62.7 Å². The molecular weight excluding hydrogens is 548 g/mol. The average Bonchev–Trinajstić information content (AvgIpc) is 3.08. The summed E-state index contributed by atoms with van der Waals surface area (Å²) < 4.78 is 23.6. The molecule has 0 atom stereocenters. The zero-order valence-corrected chi connectivity index (χ0v) is 24.3. The quantitative estimate of drug-likeness (QED) is 0.148. The summed E-state index contributed by atoms with van der Waals surface area (Å²) in [7, 11) is 3.20. The largest absolute Gasteiger partial charge is 0.466 e. The maximum atomic E-state index is 6.38. The normalized spacial score (nSPS) is 10.5. The van der Waals surface area contributed by atoms with Crippen LogP contribution in [0.15, 0.2) is 110 Å². The van der Waals surface area contributed by atoms with Crippen LogP contribution in [-0.4, -0.2) is 37.8 Å². The molecule has 6 nitrogen and oxygen atoms in total. The number of hydrogen-bond donors (Lipinski definition) is 0. The van der Waals surface area contributed by atoms with Gasteiger partial charge in [0.05, 0.1) is 11.1 Å². The first-order chi connectivity index (χ1) is 21.8. The lowest BCUT2D eigenvalue weighted by atomic mass is 9.88. The first-order valence-corrected chi connectivity index (χ1v) is 14.0. The van der Waals surface area contributed by atoms with Gasteiger partial charge in [0.25, 0.3) is 0 Å². The van der Waals surface area contributed by atoms with Crippen LogP contribution < -0.4 is 9.47 Å². The Hall–Kier alpha value is -5.66. The van der Waals surface area contributed by atoms with Crippen molar-refractivity contribution < 1.29 is 18.9 Å². The third-order valence-corrected chi connectivity index (χ3v) is 6.94. The summed E-state index contributed by atoms with van der Waals surface area (Å²) in [5.41, 5.74) is 4.76. The summed E-state index contributed by atoms with van der Waals surface area (Å²) >= 11 is 0. The summed E-state index contributed by atoms with van der Waals surface area (Å²) in [5.74, 6) is 14.4. The van der Waals surface area contributed by atoms with Crippen LogP contribution in [0.1, 0.15) is 22.3 Å². The van der Waals surface area contributed by atoms with E-state index in [0.717, 1.165) is 43.8 Å². The Labute approximate surface area is 256 Å². The number of methoxy groups -OCH3 is 2. The number of aromatic nitrogens is 2. The Kier molecular flexibility index (Phi) is 8.76. The van der Waals surface area contributed by atoms with Gasteiger partial charge in [-0.05, 0) is 57.9 Å². The smallest absolute Gasteiger partial charge is 0.188 e. The molecule has 6 heteroatoms. The van der Waals surface area contributed by atoms with Crippen LogP contribution in [0.5, 0.6) is 11.5 Å². The highest BCUT2D eigenvalue weighted by atomic mass is 16.7. The van der Waals surface area contributed by atoms with Crippen molar-refractivity contribution >= 4 is 21.5 Å². The molecule has 0 fully saturated rings. The fraction of sp³-hybridized carbons (Fsp3) is 0.105. The molecule has 6 aromatic rings. The van der Waals surface area contributed by atoms with Gasteiger partial charge in [-0.15, -0.1) is 0 Å². The van der Waals surface area contributed by atoms with Crippen LogP contribution in [0.25, 0.3) is 32.7 Å². The van der Waals surface area contributed by atoms with Crippen molar-refractivity contribution in [1.29, 1.82) is 0 Å². The summed E-state index contributed by atoms with van der Waals surface area (Å²) in [5, 5.41) is 3.95. The van der Waals surface area contributed by atoms with Crippen LogP contribution in [0.3, 0.4) is 0 Å². The van der Waals surface area contributed by atoms with Crippen molar-refractivity contribution in [2.75, 3.05) is 27.8 Å². The molecule has 2 heterocycles. The second kappa shape index (κ2) is 13.5. The Balaban J connectivity index is 1.72. The van der Waals surface area contributed by atoms with E-state index in [9.17, 15) is 0 Å². The van der Waals surface area contributed by atoms with E-state index in [-0.39, 0.29) is 13.6 Å². The van der Waals surface area contributed by atoms with Gasteiger partial charge in [-0.25, -0.2) is 0 Å². The SMILES string of the molecule is COCOc1c(C#Cc2ccncc2)cc2ccccc2c1-c1c(OCOC)c(C#Cc2ccncc2)cc2ccccc12. The molecule has 0 spiro atoms. The van der Waals surface area contributed by atoms with Crippen LogP contribution in [0.2, 0.25) is 0 Å². The molecule has 44 heavy (non-hydrogen) atoms. The van der Waals surface area contributed by atoms with Crippen LogP contribution in [0.4, 0.5) is 0 Å². The van der Waals surface area contributed by atoms with Gasteiger partial charge in [-0.2, -0.15) is 0 Å². The zero-order chi connectivity index (χ0) is 30.1. The van der Waals surface area contributed by atoms with Crippen molar-refractivity contribution in [3.05, 3.63) is 132 Å². The van der Waals surface area contributed by atoms with E-state index in [2.05, 4.69) is 57.9 Å². The Morgan fingerprint density at radius 3 is 1.34 bits per heavy atom. The lowest BCUT2D eigenvalue weighted by Gasteiger charge is -2.21. The third kappa shape index (κ3) is 6.09. The second-order valence-corrected chi connectivity index (χ2v) is 9.77. The molecule has 0 N–H and O–H groups in total. The molecule has 0 aliphatic heterocycles. The highest BCUT2D eigenvalue weighted by Gasteiger charge is 2.24. The molecule has 2 aromatic heterocycles. The molecule has 0 radical (unpaired) electrons. The fourth-order valence-corrected chi connectivity index (χ4v) is 5.02. The van der Waals surface area contributed by atoms with E-state index >= 15 is 0 Å². The lowest BCUT2D eigenvalue weighted by Crippen LogP contribution is -2.06. The van der Waals surface area contributed by atoms with Crippen molar-refractivity contribution in [2.24, 2.45) is 0 Å². The predicted molar refractivity (Wildman–Crippen MR) is 172 cm³/mol. The molecule has 0 amide bonds. The maximum absolute atomic E-state index is 6.38. The summed E-state index contributed by atoms with van der Waals surface area (Å²) in [4.78, 5) is 8.22. The van der Waals surface area contributed by atoms with Gasteiger partial charge in [0.15, 0.2) is 13.6 Å². The molecule has 6 rings (SSSR count). The average molecular weight is 577 g/mol. The van der Waals surface area contributed by atoms with Crippen LogP contribution in [-0.2, 0) is 9.47 Å². The highest BCUT2D eigenvalue weighted by molar-refractivity contribution is 6.11. The fourth-order valence-electron chi connectivity index (χ4n) is 5.02. The van der Waals surface area contributed by atoms with E-state index in [0.29, 0.717) is 22.6 Å². The third-order valence-electron chi connectivity index (χ3n) is 6.94. The van der Waals surface area contributed by atoms with Gasteiger partial charge in [-0.3, -0.25) is 9.97 Å². The first kappa shape index (κ1) is 28.5. The second-order valence-electron chi connectivity index (χ2n) is 9.77. The first-order valence-electron chi connectivity index (χ1n) is 14.0. The molecule has 214 valence electrons. The standard InChI is InChI=1S/C38H28N2O4/c1-41-25-43-37-31(13-11-27-15-19-39-20-16-27)23-29-7-3-5-9-33(29)35(37)36-34-10-6-4-8-30(34)24-32(38(36)44-26-42-2)14-12-28-17-21-40-22-18-28/h3-10,15-24H,25-26H2,1-2H3. The van der Waals surface area contributed by atoms with E-state index in [4.69, 9.17) is 18.9 Å². The molecular formula is C38H28N2O4. The van der Waals surface area contributed by atoms with Crippen molar-refractivity contribution in [1.82, 2.24) is 9.97 Å². The van der Waals surface area contributed by atoms with Gasteiger partial charge in [0, 0.05) is 61.3 Å². The monoisotopic (exact) mass is 576 g/mol. The van der Waals surface area contributed by atoms with Crippen molar-refractivity contribution in [2.45, 2.75) is 0 Å². The van der Waals surface area contributed by atoms with Gasteiger partial charge in [0.2, 0.25) is 0 Å². The molecule has 0 unspecified atom stereocenters. The summed E-state index contributed by atoms with van der Waals surface area (Å²) in [6.07, 6.45) is 6.90. The Morgan fingerprint density at radius 2 is 0.932 bits per heavy atom. The molecule has 0 saturated heterocycles. The number of hydrogen-bond acceptors (Lipinski definition) is 6. The number of nitrogens with zero attached hydrogens (tertiary/aromatic N) is 2. The molecule has 0 aliphatic carbocycles. The molecule has 0 saturated carbocycles. The maximum Gasteiger partial charge on any atom is 0.188 e. The highest BCUT2D eigenvalue weighted by Crippen LogP contribution is 2.48. The number of benzene rings is 4. The van der Waals surface area contributed by atoms with Gasteiger partial charge < -0.3 is 18.9 Å². The van der Waals surface area contributed by atoms with Gasteiger partial charge >= 0.3 is 0 Å². The number of ether oxygens (including phenoxy) is 4. The van der Waals surface area contributed by atoms with Crippen molar-refractivity contribution in [3.8, 4) is 46.3 Å². The zero-order valence-electron chi connectivity index (χ0n) is 24.3. The van der Waals surface area contributed by atoms with Crippen LogP contribution in [0, 0.1) is 23.7 Å². The number of fused-ring (bicyclic) bond motifs is 2. The number of pyridine rings is 2. The van der Waals surface area contributed by atoms with E-state index in [1.807, 2.05) is 60.7 Å². The number of rotatable bonds is 7. The lowest BCUT2D eigenvalue weighted by molar-refractivity contribution is 0.0500. The van der Waals surface area contributed by atoms with E-state index < -0.39 is 0 Å². The Bertz CT molecular complexity index is 1900. The minimum Gasteiger partial charge on any atom is -0.466 e. The van der Waals surface area contributed by atoms with Crippen molar-refractivity contribution in [3.63, 3.8) is 0 Å². The molecule has 0 aliphatic rings. The minimum atomic E-state index is 0.0308. The van der Waals surface area contributed by atoms with Gasteiger partial charge in [-0.1, -0.05) is 72.2 Å². The molecule has 0 bridgehead atoms. The van der Waals surface area contributed by atoms with Gasteiger partial charge in [0.1, 0.15) is 11.5 Å². The van der Waals surface area contributed by atoms with E-state index in [1.165, 1.54) is 0 Å². The Morgan fingerprint density at radius 1 is 0.523 bits per heavy atom. The summed E-state index contributed by atoms with van der Waals surface area (Å²) in [6, 6.07) is 27.9. The van der Waals surface area contributed by atoms with E-state index in [1.54, 1.807) is 39.0 Å². The molecule has 4 aromatic carbocycles. The predicted octanol–water partition coefficient (Wildman–Crippen LogP) is 7.22. The summed E-state index contributed by atoms with van der Waals surface area (Å²) in [6.45, 7) is 0.0615.